The summed E-state index contributed by atoms with van der Waals surface area (Å²) < 4.78 is 6.52. The molecule has 0 aliphatic carbocycles. The summed E-state index contributed by atoms with van der Waals surface area (Å²) in [5.41, 5.74) is 21.9. The van der Waals surface area contributed by atoms with Crippen molar-refractivity contribution in [2.75, 3.05) is 9.80 Å². The minimum absolute atomic E-state index is 0.882. The molecule has 0 radical (unpaired) electrons. The summed E-state index contributed by atoms with van der Waals surface area (Å²) in [5.74, 6) is 0. The van der Waals surface area contributed by atoms with Gasteiger partial charge in [-0.2, -0.15) is 0 Å². The van der Waals surface area contributed by atoms with Crippen molar-refractivity contribution in [1.82, 2.24) is 0 Å². The van der Waals surface area contributed by atoms with Crippen molar-refractivity contribution in [3.8, 4) is 66.8 Å². The number of anilines is 6. The third-order valence-electron chi connectivity index (χ3n) is 15.2. The molecule has 0 saturated carbocycles. The maximum absolute atomic E-state index is 6.52. The summed E-state index contributed by atoms with van der Waals surface area (Å²) in [7, 11) is 0. The molecular weight excluding hydrogens is 957 g/mol. The van der Waals surface area contributed by atoms with E-state index < -0.39 is 0 Å². The Morgan fingerprint density at radius 1 is 0.215 bits per heavy atom. The van der Waals surface area contributed by atoms with Crippen LogP contribution in [0.15, 0.2) is 320 Å². The second-order valence-corrected chi connectivity index (χ2v) is 20.0. The van der Waals surface area contributed by atoms with Crippen LogP contribution in [0.2, 0.25) is 0 Å². The summed E-state index contributed by atoms with van der Waals surface area (Å²) >= 11 is 0. The van der Waals surface area contributed by atoms with Gasteiger partial charge in [0.2, 0.25) is 0 Å². The molecule has 0 amide bonds. The molecule has 3 nitrogen and oxygen atoms in total. The van der Waals surface area contributed by atoms with Crippen molar-refractivity contribution in [3.05, 3.63) is 315 Å². The van der Waals surface area contributed by atoms with Gasteiger partial charge in [0.05, 0.1) is 11.4 Å². The molecule has 372 valence electrons. The van der Waals surface area contributed by atoms with E-state index in [2.05, 4.69) is 325 Å². The Morgan fingerprint density at radius 3 is 1.15 bits per heavy atom. The highest BCUT2D eigenvalue weighted by Gasteiger charge is 2.22. The van der Waals surface area contributed by atoms with Gasteiger partial charge in [-0.1, -0.05) is 237 Å². The number of furan rings is 1. The summed E-state index contributed by atoms with van der Waals surface area (Å²) in [6.07, 6.45) is 0. The van der Waals surface area contributed by atoms with Gasteiger partial charge in [0.25, 0.3) is 0 Å². The lowest BCUT2D eigenvalue weighted by molar-refractivity contribution is 0.669. The van der Waals surface area contributed by atoms with E-state index in [-0.39, 0.29) is 0 Å². The van der Waals surface area contributed by atoms with Gasteiger partial charge in [0.1, 0.15) is 11.2 Å². The van der Waals surface area contributed by atoms with E-state index in [1.54, 1.807) is 0 Å². The molecule has 14 rings (SSSR count). The minimum Gasteiger partial charge on any atom is -0.456 e. The van der Waals surface area contributed by atoms with E-state index in [1.807, 2.05) is 0 Å². The highest BCUT2D eigenvalue weighted by atomic mass is 16.3. The largest absolute Gasteiger partial charge is 0.456 e. The summed E-state index contributed by atoms with van der Waals surface area (Å²) in [5, 5.41) is 4.61. The fourth-order valence-electron chi connectivity index (χ4n) is 11.5. The Balaban J connectivity index is 0.891. The number of hydrogen-bond acceptors (Lipinski definition) is 3. The lowest BCUT2D eigenvalue weighted by atomic mass is 9.94. The number of hydrogen-bond donors (Lipinski definition) is 0. The first kappa shape index (κ1) is 47.0. The van der Waals surface area contributed by atoms with Crippen LogP contribution in [-0.4, -0.2) is 0 Å². The molecule has 0 N–H and O–H groups in total. The number of nitrogens with zero attached hydrogens (tertiary/aromatic N) is 2. The van der Waals surface area contributed by atoms with Crippen LogP contribution in [0.5, 0.6) is 0 Å². The Hall–Kier alpha value is -10.5. The summed E-state index contributed by atoms with van der Waals surface area (Å²) in [4.78, 5) is 4.82. The maximum atomic E-state index is 6.52. The normalized spacial score (nSPS) is 11.3. The van der Waals surface area contributed by atoms with Crippen molar-refractivity contribution in [2.24, 2.45) is 0 Å². The molecule has 13 aromatic carbocycles. The number of fused-ring (bicyclic) bond motifs is 4. The van der Waals surface area contributed by atoms with Crippen molar-refractivity contribution < 1.29 is 4.42 Å². The molecule has 0 fully saturated rings. The first-order valence-electron chi connectivity index (χ1n) is 27.0. The highest BCUT2D eigenvalue weighted by molar-refractivity contribution is 6.15. The zero-order valence-electron chi connectivity index (χ0n) is 43.3. The molecule has 0 spiro atoms. The summed E-state index contributed by atoms with van der Waals surface area (Å²) in [6, 6.07) is 114. The van der Waals surface area contributed by atoms with Gasteiger partial charge in [-0.05, 0) is 145 Å². The van der Waals surface area contributed by atoms with Gasteiger partial charge in [-0.15, -0.1) is 0 Å². The van der Waals surface area contributed by atoms with Crippen LogP contribution < -0.4 is 9.80 Å². The fraction of sp³-hybridized carbons (Fsp3) is 0. The quantitative estimate of drug-likeness (QED) is 0.122. The molecule has 14 aromatic rings. The van der Waals surface area contributed by atoms with Gasteiger partial charge in [-0.3, -0.25) is 0 Å². The van der Waals surface area contributed by atoms with E-state index in [4.69, 9.17) is 4.42 Å². The van der Waals surface area contributed by atoms with Gasteiger partial charge >= 0.3 is 0 Å². The maximum Gasteiger partial charge on any atom is 0.136 e. The highest BCUT2D eigenvalue weighted by Crippen LogP contribution is 2.47. The minimum atomic E-state index is 0.882. The van der Waals surface area contributed by atoms with Crippen LogP contribution in [0.1, 0.15) is 0 Å². The number of para-hydroxylation sites is 2. The predicted octanol–water partition coefficient (Wildman–Crippen LogP) is 21.7. The van der Waals surface area contributed by atoms with Crippen molar-refractivity contribution in [2.45, 2.75) is 0 Å². The summed E-state index contributed by atoms with van der Waals surface area (Å²) in [6.45, 7) is 0. The standard InChI is InChI=1S/C76H52N2O/c1-4-22-53(23-5-1)66-36-12-13-37-67(66)61-32-20-35-65(50-61)78(73-42-17-15-39-69(73)55-26-8-3-9-27-55)64-34-19-31-58(49-64)57-30-18-33-63(48-57)77(72-41-16-14-38-68(72)54-24-6-2-7-25-54)62-46-44-56(45-47-62)70-40-21-43-74-76(70)71-51-59-28-10-11-29-60(59)52-75(71)79-74/h1-52H. The van der Waals surface area contributed by atoms with E-state index in [1.165, 1.54) is 27.5 Å². The van der Waals surface area contributed by atoms with Crippen LogP contribution in [0.4, 0.5) is 34.1 Å². The molecule has 1 heterocycles. The fourth-order valence-corrected chi connectivity index (χ4v) is 11.5. The SMILES string of the molecule is c1ccc(-c2ccccc2-c2cccc(N(c3cccc(-c4cccc(N(c5ccc(-c6cccc7oc8cc9ccccc9cc8c67)cc5)c5ccccc5-c5ccccc5)c4)c3)c3ccccc3-c3ccccc3)c2)cc1. The van der Waals surface area contributed by atoms with Crippen LogP contribution in [-0.2, 0) is 0 Å². The smallest absolute Gasteiger partial charge is 0.136 e. The van der Waals surface area contributed by atoms with Crippen molar-refractivity contribution in [1.29, 1.82) is 0 Å². The van der Waals surface area contributed by atoms with Crippen LogP contribution in [0, 0.1) is 0 Å². The molecule has 0 aliphatic rings. The molecular formula is C76H52N2O. The number of rotatable bonds is 12. The average molecular weight is 1010 g/mol. The van der Waals surface area contributed by atoms with Gasteiger partial charge in [0.15, 0.2) is 0 Å². The molecule has 0 atom stereocenters. The average Bonchev–Trinajstić information content (AvgIpc) is 4.14. The van der Waals surface area contributed by atoms with Crippen LogP contribution >= 0.6 is 0 Å². The van der Waals surface area contributed by atoms with Gasteiger partial charge in [-0.25, -0.2) is 0 Å². The second-order valence-electron chi connectivity index (χ2n) is 20.0. The molecule has 79 heavy (non-hydrogen) atoms. The topological polar surface area (TPSA) is 19.6 Å². The Bertz CT molecular complexity index is 4490. The zero-order valence-corrected chi connectivity index (χ0v) is 43.3. The lowest BCUT2D eigenvalue weighted by Gasteiger charge is -2.29. The molecule has 0 saturated heterocycles. The predicted molar refractivity (Wildman–Crippen MR) is 333 cm³/mol. The van der Waals surface area contributed by atoms with Gasteiger partial charge < -0.3 is 14.2 Å². The van der Waals surface area contributed by atoms with E-state index in [9.17, 15) is 0 Å². The first-order chi connectivity index (χ1) is 39.2. The van der Waals surface area contributed by atoms with Crippen LogP contribution in [0.25, 0.3) is 99.5 Å². The Morgan fingerprint density at radius 2 is 0.595 bits per heavy atom. The Kier molecular flexibility index (Phi) is 12.2. The molecule has 0 aliphatic heterocycles. The van der Waals surface area contributed by atoms with Gasteiger partial charge in [0, 0.05) is 44.6 Å². The molecule has 3 heteroatoms. The zero-order chi connectivity index (χ0) is 52.5. The second kappa shape index (κ2) is 20.6. The van der Waals surface area contributed by atoms with E-state index in [0.717, 1.165) is 106 Å². The van der Waals surface area contributed by atoms with E-state index in [0.29, 0.717) is 0 Å². The van der Waals surface area contributed by atoms with Crippen molar-refractivity contribution >= 4 is 66.8 Å². The Labute approximate surface area is 460 Å². The molecule has 0 unspecified atom stereocenters. The van der Waals surface area contributed by atoms with Crippen molar-refractivity contribution in [3.63, 3.8) is 0 Å². The third-order valence-corrected chi connectivity index (χ3v) is 15.2. The first-order valence-corrected chi connectivity index (χ1v) is 27.0. The van der Waals surface area contributed by atoms with Crippen LogP contribution in [0.3, 0.4) is 0 Å². The third kappa shape index (κ3) is 8.99. The molecule has 0 bridgehead atoms. The lowest BCUT2D eigenvalue weighted by Crippen LogP contribution is -2.12. The monoisotopic (exact) mass is 1010 g/mol. The number of benzene rings is 13. The molecule has 1 aromatic heterocycles. The van der Waals surface area contributed by atoms with E-state index >= 15 is 0 Å².